The lowest BCUT2D eigenvalue weighted by Crippen LogP contribution is -2.37. The zero-order chi connectivity index (χ0) is 16.9. The molecule has 0 bridgehead atoms. The molecule has 3 heterocycles. The van der Waals surface area contributed by atoms with E-state index in [1.807, 2.05) is 6.07 Å². The molecule has 25 heavy (non-hydrogen) atoms. The Bertz CT molecular complexity index is 682. The smallest absolute Gasteiger partial charge is 0.227 e. The van der Waals surface area contributed by atoms with Gasteiger partial charge in [-0.2, -0.15) is 4.98 Å². The molecule has 2 aromatic rings. The van der Waals surface area contributed by atoms with E-state index in [0.717, 1.165) is 70.1 Å². The van der Waals surface area contributed by atoms with E-state index >= 15 is 0 Å². The van der Waals surface area contributed by atoms with Gasteiger partial charge in [-0.1, -0.05) is 0 Å². The molecule has 132 valence electrons. The number of morpholine rings is 2. The van der Waals surface area contributed by atoms with Crippen molar-refractivity contribution in [2.24, 2.45) is 0 Å². The molecule has 2 aliphatic rings. The number of benzene rings is 1. The first kappa shape index (κ1) is 16.1. The van der Waals surface area contributed by atoms with Crippen molar-refractivity contribution in [1.29, 1.82) is 0 Å². The van der Waals surface area contributed by atoms with Crippen LogP contribution in [0.5, 0.6) is 0 Å². The number of hydrogen-bond acceptors (Lipinski definition) is 7. The van der Waals surface area contributed by atoms with Gasteiger partial charge in [0.15, 0.2) is 0 Å². The van der Waals surface area contributed by atoms with Crippen molar-refractivity contribution in [2.45, 2.75) is 0 Å². The number of hydrogen-bond donors (Lipinski definition) is 1. The van der Waals surface area contributed by atoms with E-state index in [1.165, 1.54) is 5.69 Å². The maximum atomic E-state index is 5.41. The number of nitrogens with zero attached hydrogens (tertiary/aromatic N) is 4. The van der Waals surface area contributed by atoms with Gasteiger partial charge < -0.3 is 24.6 Å². The second kappa shape index (κ2) is 7.67. The van der Waals surface area contributed by atoms with Gasteiger partial charge in [-0.15, -0.1) is 0 Å². The second-order valence-electron chi connectivity index (χ2n) is 6.11. The second-order valence-corrected chi connectivity index (χ2v) is 6.11. The van der Waals surface area contributed by atoms with Gasteiger partial charge in [-0.05, 0) is 30.3 Å². The van der Waals surface area contributed by atoms with Gasteiger partial charge in [0.25, 0.3) is 0 Å². The Morgan fingerprint density at radius 2 is 1.44 bits per heavy atom. The predicted octanol–water partition coefficient (Wildman–Crippen LogP) is 1.89. The summed E-state index contributed by atoms with van der Waals surface area (Å²) in [5, 5.41) is 3.36. The first-order valence-corrected chi connectivity index (χ1v) is 8.74. The summed E-state index contributed by atoms with van der Waals surface area (Å²) < 4.78 is 10.8. The van der Waals surface area contributed by atoms with Crippen LogP contribution < -0.4 is 15.1 Å². The molecule has 0 atom stereocenters. The van der Waals surface area contributed by atoms with E-state index in [0.29, 0.717) is 0 Å². The highest BCUT2D eigenvalue weighted by molar-refractivity contribution is 5.61. The molecule has 0 amide bonds. The first-order chi connectivity index (χ1) is 12.4. The summed E-state index contributed by atoms with van der Waals surface area (Å²) in [7, 11) is 0. The van der Waals surface area contributed by atoms with E-state index in [4.69, 9.17) is 9.47 Å². The molecule has 1 aromatic carbocycles. The average molecular weight is 341 g/mol. The number of anilines is 4. The first-order valence-electron chi connectivity index (χ1n) is 8.74. The summed E-state index contributed by atoms with van der Waals surface area (Å²) in [5.74, 6) is 1.55. The van der Waals surface area contributed by atoms with Crippen LogP contribution in [0.1, 0.15) is 0 Å². The van der Waals surface area contributed by atoms with Crippen molar-refractivity contribution >= 4 is 23.1 Å². The molecule has 1 aromatic heterocycles. The van der Waals surface area contributed by atoms with E-state index in [1.54, 1.807) is 6.20 Å². The summed E-state index contributed by atoms with van der Waals surface area (Å²) >= 11 is 0. The summed E-state index contributed by atoms with van der Waals surface area (Å²) in [6, 6.07) is 10.3. The highest BCUT2D eigenvalue weighted by Gasteiger charge is 2.14. The Balaban J connectivity index is 1.43. The van der Waals surface area contributed by atoms with Crippen molar-refractivity contribution in [3.05, 3.63) is 36.5 Å². The highest BCUT2D eigenvalue weighted by atomic mass is 16.5. The largest absolute Gasteiger partial charge is 0.378 e. The standard InChI is InChI=1S/C18H23N5O2/c1-3-16(22-7-11-24-12-8-22)4-2-15(1)20-17-5-6-19-18(21-17)23-9-13-25-14-10-23/h1-6H,7-14H2,(H,19,20,21). The quantitative estimate of drug-likeness (QED) is 0.911. The normalized spacial score (nSPS) is 18.2. The minimum atomic E-state index is 0.726. The lowest BCUT2D eigenvalue weighted by atomic mass is 10.2. The topological polar surface area (TPSA) is 62.8 Å². The fourth-order valence-electron chi connectivity index (χ4n) is 3.06. The van der Waals surface area contributed by atoms with E-state index in [-0.39, 0.29) is 0 Å². The van der Waals surface area contributed by atoms with Crippen LogP contribution in [0, 0.1) is 0 Å². The van der Waals surface area contributed by atoms with Gasteiger partial charge in [-0.25, -0.2) is 4.98 Å². The molecule has 2 aliphatic heterocycles. The Hall–Kier alpha value is -2.38. The molecule has 4 rings (SSSR count). The minimum absolute atomic E-state index is 0.726. The molecule has 7 nitrogen and oxygen atoms in total. The SMILES string of the molecule is c1cc(Nc2ccc(N3CCOCC3)cc2)nc(N2CCOCC2)n1. The van der Waals surface area contributed by atoms with E-state index in [9.17, 15) is 0 Å². The van der Waals surface area contributed by atoms with Crippen molar-refractivity contribution in [3.63, 3.8) is 0 Å². The van der Waals surface area contributed by atoms with Gasteiger partial charge in [0, 0.05) is 43.8 Å². The Kier molecular flexibility index (Phi) is 4.94. The van der Waals surface area contributed by atoms with Crippen LogP contribution in [0.3, 0.4) is 0 Å². The molecule has 0 unspecified atom stereocenters. The van der Waals surface area contributed by atoms with Crippen LogP contribution in [-0.4, -0.2) is 62.6 Å². The number of ether oxygens (including phenoxy) is 2. The third-order valence-corrected chi connectivity index (χ3v) is 4.45. The third kappa shape index (κ3) is 4.00. The number of rotatable bonds is 4. The molecule has 2 saturated heterocycles. The van der Waals surface area contributed by atoms with E-state index in [2.05, 4.69) is 49.4 Å². The Labute approximate surface area is 147 Å². The zero-order valence-electron chi connectivity index (χ0n) is 14.2. The molecule has 2 fully saturated rings. The molecule has 0 radical (unpaired) electrons. The van der Waals surface area contributed by atoms with Crippen LogP contribution in [-0.2, 0) is 9.47 Å². The van der Waals surface area contributed by atoms with Crippen LogP contribution in [0.25, 0.3) is 0 Å². The van der Waals surface area contributed by atoms with Gasteiger partial charge in [-0.3, -0.25) is 0 Å². The van der Waals surface area contributed by atoms with Crippen LogP contribution in [0.15, 0.2) is 36.5 Å². The molecule has 0 saturated carbocycles. The maximum absolute atomic E-state index is 5.41. The Morgan fingerprint density at radius 1 is 0.800 bits per heavy atom. The number of aromatic nitrogens is 2. The summed E-state index contributed by atoms with van der Waals surface area (Å²) in [4.78, 5) is 13.5. The highest BCUT2D eigenvalue weighted by Crippen LogP contribution is 2.22. The minimum Gasteiger partial charge on any atom is -0.378 e. The van der Waals surface area contributed by atoms with Gasteiger partial charge in [0.1, 0.15) is 5.82 Å². The van der Waals surface area contributed by atoms with Gasteiger partial charge in [0.2, 0.25) is 5.95 Å². The lowest BCUT2D eigenvalue weighted by molar-refractivity contribution is 0.122. The monoisotopic (exact) mass is 341 g/mol. The zero-order valence-corrected chi connectivity index (χ0v) is 14.2. The lowest BCUT2D eigenvalue weighted by Gasteiger charge is -2.29. The average Bonchev–Trinajstić information content (AvgIpc) is 2.70. The molecule has 1 N–H and O–H groups in total. The number of nitrogens with one attached hydrogen (secondary N) is 1. The Morgan fingerprint density at radius 3 is 2.12 bits per heavy atom. The molecular formula is C18H23N5O2. The van der Waals surface area contributed by atoms with Crippen LogP contribution in [0.4, 0.5) is 23.1 Å². The van der Waals surface area contributed by atoms with Crippen molar-refractivity contribution in [1.82, 2.24) is 9.97 Å². The van der Waals surface area contributed by atoms with Crippen LogP contribution in [0.2, 0.25) is 0 Å². The summed E-state index contributed by atoms with van der Waals surface area (Å²) in [6.07, 6.45) is 1.79. The fourth-order valence-corrected chi connectivity index (χ4v) is 3.06. The van der Waals surface area contributed by atoms with Crippen molar-refractivity contribution in [2.75, 3.05) is 67.7 Å². The molecule has 0 aliphatic carbocycles. The molecule has 7 heteroatoms. The van der Waals surface area contributed by atoms with Crippen molar-refractivity contribution in [3.8, 4) is 0 Å². The fraction of sp³-hybridized carbons (Fsp3) is 0.444. The third-order valence-electron chi connectivity index (χ3n) is 4.45. The molecule has 0 spiro atoms. The summed E-state index contributed by atoms with van der Waals surface area (Å²) in [6.45, 7) is 6.60. The van der Waals surface area contributed by atoms with Crippen LogP contribution >= 0.6 is 0 Å². The van der Waals surface area contributed by atoms with Gasteiger partial charge >= 0.3 is 0 Å². The van der Waals surface area contributed by atoms with E-state index < -0.39 is 0 Å². The van der Waals surface area contributed by atoms with Gasteiger partial charge in [0.05, 0.1) is 26.4 Å². The molecular weight excluding hydrogens is 318 g/mol. The van der Waals surface area contributed by atoms with Crippen molar-refractivity contribution < 1.29 is 9.47 Å². The summed E-state index contributed by atoms with van der Waals surface area (Å²) in [5.41, 5.74) is 2.24. The maximum Gasteiger partial charge on any atom is 0.227 e. The predicted molar refractivity (Wildman–Crippen MR) is 97.8 cm³/mol.